The SMILES string of the molecule is Cc1cc(S(=O)(=O)NNC(N)=S)sc1Br. The van der Waals surface area contributed by atoms with E-state index in [1.165, 1.54) is 0 Å². The summed E-state index contributed by atoms with van der Waals surface area (Å²) in [6.45, 7) is 1.81. The van der Waals surface area contributed by atoms with Gasteiger partial charge in [-0.05, 0) is 46.7 Å². The Bertz CT molecular complexity index is 462. The van der Waals surface area contributed by atoms with Gasteiger partial charge in [-0.3, -0.25) is 5.43 Å². The highest BCUT2D eigenvalue weighted by molar-refractivity contribution is 9.11. The maximum Gasteiger partial charge on any atom is 0.266 e. The lowest BCUT2D eigenvalue weighted by Crippen LogP contribution is -2.43. The van der Waals surface area contributed by atoms with Crippen LogP contribution in [-0.2, 0) is 10.0 Å². The largest absolute Gasteiger partial charge is 0.375 e. The van der Waals surface area contributed by atoms with E-state index < -0.39 is 10.0 Å². The number of hydrogen-bond donors (Lipinski definition) is 3. The Kier molecular flexibility index (Phi) is 4.06. The zero-order valence-corrected chi connectivity index (χ0v) is 11.6. The van der Waals surface area contributed by atoms with Crippen LogP contribution in [0.4, 0.5) is 0 Å². The van der Waals surface area contributed by atoms with Crippen molar-refractivity contribution in [2.75, 3.05) is 0 Å². The number of thiophene rings is 1. The van der Waals surface area contributed by atoms with E-state index in [1.807, 2.05) is 0 Å². The zero-order chi connectivity index (χ0) is 11.6. The molecule has 0 aliphatic heterocycles. The molecule has 0 aliphatic rings. The fraction of sp³-hybridized carbons (Fsp3) is 0.167. The summed E-state index contributed by atoms with van der Waals surface area (Å²) >= 11 is 8.84. The van der Waals surface area contributed by atoms with Crippen molar-refractivity contribution < 1.29 is 8.42 Å². The lowest BCUT2D eigenvalue weighted by molar-refractivity contribution is 0.579. The monoisotopic (exact) mass is 329 g/mol. The van der Waals surface area contributed by atoms with E-state index in [9.17, 15) is 8.42 Å². The molecule has 4 N–H and O–H groups in total. The molecule has 0 fully saturated rings. The molecular weight excluding hydrogens is 322 g/mol. The number of rotatable bonds is 3. The smallest absolute Gasteiger partial charge is 0.266 e. The molecular formula is C6H8BrN3O2S3. The van der Waals surface area contributed by atoms with Gasteiger partial charge in [-0.15, -0.1) is 16.2 Å². The number of nitrogens with one attached hydrogen (secondary N) is 2. The van der Waals surface area contributed by atoms with E-state index in [2.05, 4.69) is 38.4 Å². The minimum Gasteiger partial charge on any atom is -0.375 e. The van der Waals surface area contributed by atoms with E-state index in [4.69, 9.17) is 5.73 Å². The first-order chi connectivity index (χ1) is 6.83. The predicted molar refractivity (Wildman–Crippen MR) is 67.0 cm³/mol. The molecule has 1 rings (SSSR count). The molecule has 1 heterocycles. The minimum absolute atomic E-state index is 0.133. The number of nitrogens with two attached hydrogens (primary N) is 1. The quantitative estimate of drug-likeness (QED) is 0.565. The van der Waals surface area contributed by atoms with Crippen molar-refractivity contribution >= 4 is 54.6 Å². The van der Waals surface area contributed by atoms with Gasteiger partial charge in [0.1, 0.15) is 4.21 Å². The lowest BCUT2D eigenvalue weighted by atomic mass is 10.4. The number of sulfonamides is 1. The molecule has 0 amide bonds. The van der Waals surface area contributed by atoms with Crippen molar-refractivity contribution in [3.63, 3.8) is 0 Å². The molecule has 0 atom stereocenters. The van der Waals surface area contributed by atoms with Crippen molar-refractivity contribution in [3.05, 3.63) is 15.4 Å². The van der Waals surface area contributed by atoms with Crippen molar-refractivity contribution in [2.45, 2.75) is 11.1 Å². The van der Waals surface area contributed by atoms with Crippen LogP contribution in [0.15, 0.2) is 14.1 Å². The number of aryl methyl sites for hydroxylation is 1. The van der Waals surface area contributed by atoms with Crippen molar-refractivity contribution in [3.8, 4) is 0 Å². The van der Waals surface area contributed by atoms with Gasteiger partial charge >= 0.3 is 0 Å². The first-order valence-corrected chi connectivity index (χ1v) is 7.16. The molecule has 0 bridgehead atoms. The Balaban J connectivity index is 2.91. The van der Waals surface area contributed by atoms with Gasteiger partial charge in [-0.1, -0.05) is 0 Å². The van der Waals surface area contributed by atoms with Crippen LogP contribution in [0.3, 0.4) is 0 Å². The second kappa shape index (κ2) is 4.74. The molecule has 0 saturated carbocycles. The topological polar surface area (TPSA) is 84.2 Å². The third kappa shape index (κ3) is 3.38. The second-order valence-electron chi connectivity index (χ2n) is 2.62. The average molecular weight is 330 g/mol. The van der Waals surface area contributed by atoms with Gasteiger partial charge in [0.25, 0.3) is 10.0 Å². The van der Waals surface area contributed by atoms with Gasteiger partial charge < -0.3 is 5.73 Å². The summed E-state index contributed by atoms with van der Waals surface area (Å²) in [6.07, 6.45) is 0. The van der Waals surface area contributed by atoms with Crippen molar-refractivity contribution in [2.24, 2.45) is 5.73 Å². The zero-order valence-electron chi connectivity index (χ0n) is 7.57. The predicted octanol–water partition coefficient (Wildman–Crippen LogP) is 0.846. The Morgan fingerprint density at radius 2 is 2.27 bits per heavy atom. The van der Waals surface area contributed by atoms with E-state index >= 15 is 0 Å². The van der Waals surface area contributed by atoms with Crippen LogP contribution >= 0.6 is 39.5 Å². The van der Waals surface area contributed by atoms with Gasteiger partial charge in [0, 0.05) is 0 Å². The van der Waals surface area contributed by atoms with Crippen LogP contribution in [0.25, 0.3) is 0 Å². The summed E-state index contributed by atoms with van der Waals surface area (Å²) in [5.41, 5.74) is 8.13. The fourth-order valence-electron chi connectivity index (χ4n) is 0.732. The molecule has 0 radical (unpaired) electrons. The van der Waals surface area contributed by atoms with Gasteiger partial charge in [0.15, 0.2) is 5.11 Å². The van der Waals surface area contributed by atoms with Crippen LogP contribution < -0.4 is 16.0 Å². The number of hydrazine groups is 1. The summed E-state index contributed by atoms with van der Waals surface area (Å²) in [5, 5.41) is -0.133. The average Bonchev–Trinajstić information content (AvgIpc) is 2.45. The third-order valence-corrected chi connectivity index (χ3v) is 5.37. The highest BCUT2D eigenvalue weighted by Gasteiger charge is 2.17. The van der Waals surface area contributed by atoms with Crippen molar-refractivity contribution in [1.82, 2.24) is 10.3 Å². The highest BCUT2D eigenvalue weighted by Crippen LogP contribution is 2.30. The van der Waals surface area contributed by atoms with Crippen molar-refractivity contribution in [1.29, 1.82) is 0 Å². The maximum absolute atomic E-state index is 11.6. The number of thiocarbonyl (C=S) groups is 1. The highest BCUT2D eigenvalue weighted by atomic mass is 79.9. The molecule has 15 heavy (non-hydrogen) atoms. The first kappa shape index (κ1) is 12.8. The van der Waals surface area contributed by atoms with Gasteiger partial charge in [0.2, 0.25) is 0 Å². The summed E-state index contributed by atoms with van der Waals surface area (Å²) in [4.78, 5) is 2.06. The molecule has 84 valence electrons. The molecule has 0 spiro atoms. The van der Waals surface area contributed by atoms with E-state index in [0.717, 1.165) is 20.7 Å². The van der Waals surface area contributed by atoms with Gasteiger partial charge in [-0.25, -0.2) is 8.42 Å². The fourth-order valence-corrected chi connectivity index (χ4v) is 3.93. The summed E-state index contributed by atoms with van der Waals surface area (Å²) < 4.78 is 24.2. The Morgan fingerprint density at radius 1 is 1.67 bits per heavy atom. The molecule has 0 unspecified atom stereocenters. The normalized spacial score (nSPS) is 11.3. The van der Waals surface area contributed by atoms with Gasteiger partial charge in [-0.2, -0.15) is 0 Å². The molecule has 9 heteroatoms. The molecule has 0 saturated heterocycles. The van der Waals surface area contributed by atoms with Gasteiger partial charge in [0.05, 0.1) is 3.79 Å². The lowest BCUT2D eigenvalue weighted by Gasteiger charge is -2.04. The molecule has 1 aromatic heterocycles. The summed E-state index contributed by atoms with van der Waals surface area (Å²) in [6, 6.07) is 1.55. The van der Waals surface area contributed by atoms with E-state index in [-0.39, 0.29) is 9.32 Å². The van der Waals surface area contributed by atoms with E-state index in [0.29, 0.717) is 0 Å². The number of halogens is 1. The number of hydrogen-bond acceptors (Lipinski definition) is 4. The van der Waals surface area contributed by atoms with Crippen LogP contribution in [0, 0.1) is 6.92 Å². The summed E-state index contributed by atoms with van der Waals surface area (Å²) in [7, 11) is -3.60. The molecule has 5 nitrogen and oxygen atoms in total. The molecule has 0 aliphatic carbocycles. The third-order valence-electron chi connectivity index (χ3n) is 1.41. The Labute approximate surface area is 105 Å². The Morgan fingerprint density at radius 3 is 2.67 bits per heavy atom. The van der Waals surface area contributed by atoms with Crippen LogP contribution in [0.2, 0.25) is 0 Å². The molecule has 0 aromatic carbocycles. The maximum atomic E-state index is 11.6. The molecule has 1 aromatic rings. The Hall–Kier alpha value is -0.220. The van der Waals surface area contributed by atoms with Crippen LogP contribution in [-0.4, -0.2) is 13.5 Å². The van der Waals surface area contributed by atoms with Crippen LogP contribution in [0.1, 0.15) is 5.56 Å². The second-order valence-corrected chi connectivity index (χ2v) is 7.34. The van der Waals surface area contributed by atoms with Crippen LogP contribution in [0.5, 0.6) is 0 Å². The minimum atomic E-state index is -3.60. The summed E-state index contributed by atoms with van der Waals surface area (Å²) in [5.74, 6) is 0. The standard InChI is InChI=1S/C6H8BrN3O2S3/c1-3-2-4(14-5(3)7)15(11,12)10-9-6(8)13/h2,10H,1H3,(H3,8,9,13). The van der Waals surface area contributed by atoms with E-state index in [1.54, 1.807) is 13.0 Å². The first-order valence-electron chi connectivity index (χ1n) is 3.66.